The maximum atomic E-state index is 12.0. The maximum absolute atomic E-state index is 12.0. The number of carbonyl (C=O) groups excluding carboxylic acids is 1. The Labute approximate surface area is 157 Å². The molecule has 0 aliphatic heterocycles. The highest BCUT2D eigenvalue weighted by molar-refractivity contribution is 6.31. The summed E-state index contributed by atoms with van der Waals surface area (Å²) >= 11 is 5.86. The van der Waals surface area contributed by atoms with Crippen LogP contribution in [0.4, 0.5) is 10.5 Å². The molecule has 3 N–H and O–H groups in total. The molecule has 2 aromatic carbocycles. The molecule has 0 aliphatic rings. The Hall–Kier alpha value is -2.57. The third-order valence-electron chi connectivity index (χ3n) is 3.76. The highest BCUT2D eigenvalue weighted by Crippen LogP contribution is 2.21. The third kappa shape index (κ3) is 6.38. The maximum Gasteiger partial charge on any atom is 0.337 e. The number of amides is 2. The number of nitrogens with one attached hydrogen (secondary N) is 2. The molecule has 0 aliphatic carbocycles. The average Bonchev–Trinajstić information content (AvgIpc) is 2.59. The van der Waals surface area contributed by atoms with Crippen molar-refractivity contribution in [3.05, 3.63) is 64.7 Å². The lowest BCUT2D eigenvalue weighted by molar-refractivity contribution is 0.0698. The summed E-state index contributed by atoms with van der Waals surface area (Å²) in [5.41, 5.74) is 1.40. The topological polar surface area (TPSA) is 81.7 Å². The first-order chi connectivity index (χ1) is 12.5. The van der Waals surface area contributed by atoms with Crippen LogP contribution in [0.3, 0.4) is 0 Å². The molecule has 138 valence electrons. The van der Waals surface area contributed by atoms with E-state index in [1.54, 1.807) is 0 Å². The van der Waals surface area contributed by atoms with E-state index in [4.69, 9.17) is 16.7 Å². The van der Waals surface area contributed by atoms with Crippen molar-refractivity contribution in [1.29, 1.82) is 0 Å². The Kier molecular flexibility index (Phi) is 7.44. The van der Waals surface area contributed by atoms with E-state index in [2.05, 4.69) is 27.7 Å². The zero-order chi connectivity index (χ0) is 18.9. The number of carboxylic acids is 1. The van der Waals surface area contributed by atoms with Gasteiger partial charge in [-0.3, -0.25) is 0 Å². The van der Waals surface area contributed by atoms with Crippen molar-refractivity contribution in [1.82, 2.24) is 10.2 Å². The first-order valence-corrected chi connectivity index (χ1v) is 8.63. The molecular weight excluding hydrogens is 354 g/mol. The molecule has 0 bridgehead atoms. The molecule has 0 atom stereocenters. The molecule has 0 aromatic heterocycles. The van der Waals surface area contributed by atoms with Crippen molar-refractivity contribution in [3.8, 4) is 0 Å². The first kappa shape index (κ1) is 19.8. The number of hydrogen-bond donors (Lipinski definition) is 3. The number of anilines is 1. The van der Waals surface area contributed by atoms with Crippen molar-refractivity contribution < 1.29 is 14.7 Å². The monoisotopic (exact) mass is 375 g/mol. The highest BCUT2D eigenvalue weighted by atomic mass is 35.5. The zero-order valence-corrected chi connectivity index (χ0v) is 15.3. The van der Waals surface area contributed by atoms with Gasteiger partial charge in [-0.2, -0.15) is 0 Å². The molecule has 0 spiro atoms. The van der Waals surface area contributed by atoms with Gasteiger partial charge in [0.25, 0.3) is 0 Å². The normalized spacial score (nSPS) is 10.6. The highest BCUT2D eigenvalue weighted by Gasteiger charge is 2.12. The number of carboxylic acid groups (broad SMARTS) is 1. The van der Waals surface area contributed by atoms with E-state index in [-0.39, 0.29) is 11.3 Å². The second-order valence-electron chi connectivity index (χ2n) is 5.95. The second kappa shape index (κ2) is 9.79. The number of carbonyl (C=O) groups is 2. The van der Waals surface area contributed by atoms with Crippen molar-refractivity contribution in [2.24, 2.45) is 0 Å². The minimum absolute atomic E-state index is 0.00727. The van der Waals surface area contributed by atoms with Crippen LogP contribution in [0, 0.1) is 0 Å². The van der Waals surface area contributed by atoms with Gasteiger partial charge in [-0.25, -0.2) is 9.59 Å². The summed E-state index contributed by atoms with van der Waals surface area (Å²) < 4.78 is 0. The first-order valence-electron chi connectivity index (χ1n) is 8.26. The summed E-state index contributed by atoms with van der Waals surface area (Å²) in [6, 6.07) is 13.9. The molecule has 6 nitrogen and oxygen atoms in total. The standard InChI is InChI=1S/C19H22ClN3O3/c1-23(13-14-6-3-2-4-7-14)11-5-10-21-19(26)22-17-12-15(20)8-9-16(17)18(24)25/h2-4,6-9,12H,5,10-11,13H2,1H3,(H,24,25)(H2,21,22,26). The van der Waals surface area contributed by atoms with Gasteiger partial charge in [-0.15, -0.1) is 0 Å². The van der Waals surface area contributed by atoms with E-state index in [0.717, 1.165) is 19.5 Å². The molecule has 0 unspecified atom stereocenters. The number of aromatic carboxylic acids is 1. The predicted octanol–water partition coefficient (Wildman–Crippen LogP) is 3.68. The lowest BCUT2D eigenvalue weighted by atomic mass is 10.2. The molecule has 0 heterocycles. The molecule has 0 saturated heterocycles. The summed E-state index contributed by atoms with van der Waals surface area (Å²) in [6.07, 6.45) is 0.776. The van der Waals surface area contributed by atoms with Crippen LogP contribution in [0.2, 0.25) is 5.02 Å². The molecule has 0 fully saturated rings. The van der Waals surface area contributed by atoms with Crippen LogP contribution in [0.15, 0.2) is 48.5 Å². The minimum Gasteiger partial charge on any atom is -0.478 e. The minimum atomic E-state index is -1.13. The van der Waals surface area contributed by atoms with E-state index in [9.17, 15) is 9.59 Å². The molecule has 2 amide bonds. The van der Waals surface area contributed by atoms with Gasteiger partial charge in [-0.05, 0) is 43.8 Å². The third-order valence-corrected chi connectivity index (χ3v) is 3.99. The van der Waals surface area contributed by atoms with Gasteiger partial charge in [0.05, 0.1) is 11.3 Å². The van der Waals surface area contributed by atoms with Gasteiger partial charge in [-0.1, -0.05) is 41.9 Å². The lowest BCUT2D eigenvalue weighted by Crippen LogP contribution is -2.32. The summed E-state index contributed by atoms with van der Waals surface area (Å²) in [4.78, 5) is 25.3. The van der Waals surface area contributed by atoms with Crippen molar-refractivity contribution >= 4 is 29.3 Å². The molecule has 2 aromatic rings. The van der Waals surface area contributed by atoms with E-state index < -0.39 is 12.0 Å². The summed E-state index contributed by atoms with van der Waals surface area (Å²) in [5, 5.41) is 14.8. The fourth-order valence-corrected chi connectivity index (χ4v) is 2.67. The number of halogens is 1. The van der Waals surface area contributed by atoms with Crippen LogP contribution in [0.5, 0.6) is 0 Å². The predicted molar refractivity (Wildman–Crippen MR) is 103 cm³/mol. The Balaban J connectivity index is 1.74. The van der Waals surface area contributed by atoms with Crippen LogP contribution in [-0.2, 0) is 6.54 Å². The fourth-order valence-electron chi connectivity index (χ4n) is 2.50. The Bertz CT molecular complexity index is 753. The van der Waals surface area contributed by atoms with Gasteiger partial charge in [0.15, 0.2) is 0 Å². The van der Waals surface area contributed by atoms with Gasteiger partial charge >= 0.3 is 12.0 Å². The van der Waals surface area contributed by atoms with Gasteiger partial charge in [0.2, 0.25) is 0 Å². The largest absolute Gasteiger partial charge is 0.478 e. The van der Waals surface area contributed by atoms with Crippen LogP contribution >= 0.6 is 11.6 Å². The Morgan fingerprint density at radius 1 is 1.15 bits per heavy atom. The van der Waals surface area contributed by atoms with Crippen molar-refractivity contribution in [3.63, 3.8) is 0 Å². The number of nitrogens with zero attached hydrogens (tertiary/aromatic N) is 1. The molecule has 26 heavy (non-hydrogen) atoms. The molecule has 0 saturated carbocycles. The Morgan fingerprint density at radius 3 is 2.58 bits per heavy atom. The molecule has 2 rings (SSSR count). The van der Waals surface area contributed by atoms with E-state index in [0.29, 0.717) is 11.6 Å². The van der Waals surface area contributed by atoms with Crippen molar-refractivity contribution in [2.45, 2.75) is 13.0 Å². The number of hydrogen-bond acceptors (Lipinski definition) is 3. The number of rotatable bonds is 8. The molecule has 0 radical (unpaired) electrons. The summed E-state index contributed by atoms with van der Waals surface area (Å²) in [7, 11) is 2.03. The lowest BCUT2D eigenvalue weighted by Gasteiger charge is -2.17. The van der Waals surface area contributed by atoms with Gasteiger partial charge in [0, 0.05) is 18.1 Å². The van der Waals surface area contributed by atoms with Crippen LogP contribution in [0.1, 0.15) is 22.3 Å². The average molecular weight is 376 g/mol. The molecule has 7 heteroatoms. The number of urea groups is 1. The van der Waals surface area contributed by atoms with Crippen LogP contribution in [0.25, 0.3) is 0 Å². The van der Waals surface area contributed by atoms with Crippen LogP contribution < -0.4 is 10.6 Å². The van der Waals surface area contributed by atoms with Crippen LogP contribution in [-0.4, -0.2) is 42.1 Å². The Morgan fingerprint density at radius 2 is 1.88 bits per heavy atom. The smallest absolute Gasteiger partial charge is 0.337 e. The summed E-state index contributed by atoms with van der Waals surface area (Å²) in [5.74, 6) is -1.13. The fraction of sp³-hybridized carbons (Fsp3) is 0.263. The quantitative estimate of drug-likeness (QED) is 0.615. The second-order valence-corrected chi connectivity index (χ2v) is 6.39. The van der Waals surface area contributed by atoms with Gasteiger partial charge in [0.1, 0.15) is 0 Å². The molecular formula is C19H22ClN3O3. The van der Waals surface area contributed by atoms with E-state index in [1.807, 2.05) is 25.2 Å². The SMILES string of the molecule is CN(CCCNC(=O)Nc1cc(Cl)ccc1C(=O)O)Cc1ccccc1. The number of benzene rings is 2. The van der Waals surface area contributed by atoms with Gasteiger partial charge < -0.3 is 20.6 Å². The van der Waals surface area contributed by atoms with E-state index >= 15 is 0 Å². The summed E-state index contributed by atoms with van der Waals surface area (Å²) in [6.45, 7) is 2.15. The van der Waals surface area contributed by atoms with E-state index in [1.165, 1.54) is 23.8 Å². The zero-order valence-electron chi connectivity index (χ0n) is 14.5. The van der Waals surface area contributed by atoms with Crippen molar-refractivity contribution in [2.75, 3.05) is 25.5 Å².